The Labute approximate surface area is 204 Å². The summed E-state index contributed by atoms with van der Waals surface area (Å²) in [7, 11) is -2.82. The highest BCUT2D eigenvalue weighted by Gasteiger charge is 2.28. The first-order valence-corrected chi connectivity index (χ1v) is 12.2. The Kier molecular flexibility index (Phi) is 7.64. The van der Waals surface area contributed by atoms with E-state index in [-0.39, 0.29) is 21.2 Å². The molecule has 1 N–H and O–H groups in total. The molecule has 0 saturated heterocycles. The summed E-state index contributed by atoms with van der Waals surface area (Å²) in [4.78, 5) is 24.9. The Morgan fingerprint density at radius 3 is 2.21 bits per heavy atom. The third kappa shape index (κ3) is 5.58. The van der Waals surface area contributed by atoms with Crippen LogP contribution < -0.4 is 9.62 Å². The van der Waals surface area contributed by atoms with Crippen molar-refractivity contribution < 1.29 is 22.7 Å². The van der Waals surface area contributed by atoms with Crippen LogP contribution in [0.4, 0.5) is 11.4 Å². The fourth-order valence-electron chi connectivity index (χ4n) is 3.41. The number of aryl methyl sites for hydroxylation is 3. The molecule has 0 saturated carbocycles. The molecule has 0 aromatic heterocycles. The van der Waals surface area contributed by atoms with Crippen molar-refractivity contribution in [3.63, 3.8) is 0 Å². The number of hydrogen-bond donors (Lipinski definition) is 1. The maximum atomic E-state index is 13.6. The van der Waals surface area contributed by atoms with Crippen LogP contribution in [-0.2, 0) is 19.6 Å². The first-order chi connectivity index (χ1) is 16.0. The number of benzene rings is 3. The molecule has 34 heavy (non-hydrogen) atoms. The summed E-state index contributed by atoms with van der Waals surface area (Å²) in [5.41, 5.74) is 3.33. The number of methoxy groups -OCH3 is 1. The standard InChI is InChI=1S/C25H25ClN2O5S/c1-16-5-9-20(10-6-16)34(31,32)28(23-12-7-17(2)13-18(23)3)15-24(29)27-22-14-19(25(30)33-4)8-11-21(22)26/h5-14H,15H2,1-4H3,(H,27,29). The smallest absolute Gasteiger partial charge is 0.337 e. The fourth-order valence-corrected chi connectivity index (χ4v) is 5.06. The highest BCUT2D eigenvalue weighted by atomic mass is 35.5. The van der Waals surface area contributed by atoms with Crippen LogP contribution in [0.3, 0.4) is 0 Å². The van der Waals surface area contributed by atoms with Gasteiger partial charge < -0.3 is 10.1 Å². The van der Waals surface area contributed by atoms with Gasteiger partial charge in [-0.1, -0.05) is 47.0 Å². The highest BCUT2D eigenvalue weighted by Crippen LogP contribution is 2.29. The summed E-state index contributed by atoms with van der Waals surface area (Å²) in [5.74, 6) is -1.22. The summed E-state index contributed by atoms with van der Waals surface area (Å²) >= 11 is 6.19. The number of esters is 1. The van der Waals surface area contributed by atoms with Crippen LogP contribution in [0.5, 0.6) is 0 Å². The normalized spacial score (nSPS) is 11.1. The van der Waals surface area contributed by atoms with E-state index < -0.39 is 28.4 Å². The number of sulfonamides is 1. The van der Waals surface area contributed by atoms with Crippen LogP contribution in [-0.4, -0.2) is 33.9 Å². The van der Waals surface area contributed by atoms with E-state index >= 15 is 0 Å². The van der Waals surface area contributed by atoms with E-state index in [1.165, 1.54) is 37.4 Å². The number of ether oxygens (including phenoxy) is 1. The van der Waals surface area contributed by atoms with Crippen LogP contribution in [0.15, 0.2) is 65.6 Å². The van der Waals surface area contributed by atoms with Gasteiger partial charge >= 0.3 is 5.97 Å². The Hall–Kier alpha value is -3.36. The molecule has 0 unspecified atom stereocenters. The number of nitrogens with zero attached hydrogens (tertiary/aromatic N) is 1. The van der Waals surface area contributed by atoms with Crippen molar-refractivity contribution in [2.45, 2.75) is 25.7 Å². The van der Waals surface area contributed by atoms with Crippen LogP contribution in [0, 0.1) is 20.8 Å². The number of carbonyl (C=O) groups is 2. The molecule has 0 aliphatic rings. The van der Waals surface area contributed by atoms with Crippen LogP contribution in [0.25, 0.3) is 0 Å². The zero-order valence-corrected chi connectivity index (χ0v) is 20.8. The molecule has 0 radical (unpaired) electrons. The molecule has 9 heteroatoms. The highest BCUT2D eigenvalue weighted by molar-refractivity contribution is 7.92. The lowest BCUT2D eigenvalue weighted by atomic mass is 10.1. The molecule has 0 aliphatic carbocycles. The molecule has 0 heterocycles. The van der Waals surface area contributed by atoms with Crippen molar-refractivity contribution in [1.29, 1.82) is 0 Å². The van der Waals surface area contributed by atoms with Crippen molar-refractivity contribution in [2.24, 2.45) is 0 Å². The molecule has 0 bridgehead atoms. The maximum absolute atomic E-state index is 13.6. The minimum Gasteiger partial charge on any atom is -0.465 e. The first-order valence-electron chi connectivity index (χ1n) is 10.4. The minimum atomic E-state index is -4.06. The average Bonchev–Trinajstić information content (AvgIpc) is 2.79. The molecule has 3 aromatic carbocycles. The lowest BCUT2D eigenvalue weighted by Gasteiger charge is -2.26. The largest absolute Gasteiger partial charge is 0.465 e. The quantitative estimate of drug-likeness (QED) is 0.466. The molecule has 178 valence electrons. The van der Waals surface area contributed by atoms with Crippen molar-refractivity contribution in [2.75, 3.05) is 23.3 Å². The summed E-state index contributed by atoms with van der Waals surface area (Å²) in [6, 6.07) is 16.0. The van der Waals surface area contributed by atoms with E-state index in [0.717, 1.165) is 15.4 Å². The van der Waals surface area contributed by atoms with Crippen LogP contribution >= 0.6 is 11.6 Å². The van der Waals surface area contributed by atoms with Gasteiger partial charge in [0, 0.05) is 0 Å². The zero-order valence-electron chi connectivity index (χ0n) is 19.3. The number of amides is 1. The molecule has 7 nitrogen and oxygen atoms in total. The van der Waals surface area contributed by atoms with Gasteiger partial charge in [-0.3, -0.25) is 9.10 Å². The Morgan fingerprint density at radius 1 is 0.941 bits per heavy atom. The summed E-state index contributed by atoms with van der Waals surface area (Å²) in [6.07, 6.45) is 0. The second-order valence-corrected chi connectivity index (χ2v) is 10.1. The topological polar surface area (TPSA) is 92.8 Å². The minimum absolute atomic E-state index is 0.0663. The number of hydrogen-bond acceptors (Lipinski definition) is 5. The van der Waals surface area contributed by atoms with Gasteiger partial charge in [0.25, 0.3) is 10.0 Å². The van der Waals surface area contributed by atoms with Crippen molar-refractivity contribution in [1.82, 2.24) is 0 Å². The molecule has 3 rings (SSSR count). The van der Waals surface area contributed by atoms with Gasteiger partial charge in [0.1, 0.15) is 6.54 Å². The third-order valence-electron chi connectivity index (χ3n) is 5.18. The number of halogens is 1. The zero-order chi connectivity index (χ0) is 25.0. The first kappa shape index (κ1) is 25.3. The van der Waals surface area contributed by atoms with Gasteiger partial charge in [-0.2, -0.15) is 0 Å². The number of anilines is 2. The van der Waals surface area contributed by atoms with Gasteiger partial charge in [0.2, 0.25) is 5.91 Å². The molecule has 1 amide bonds. The predicted octanol–water partition coefficient (Wildman–Crippen LogP) is 4.89. The van der Waals surface area contributed by atoms with E-state index in [9.17, 15) is 18.0 Å². The molecule has 0 aliphatic heterocycles. The van der Waals surface area contributed by atoms with Crippen LogP contribution in [0.1, 0.15) is 27.0 Å². The van der Waals surface area contributed by atoms with Gasteiger partial charge in [0.05, 0.1) is 34.0 Å². The number of rotatable bonds is 7. The van der Waals surface area contributed by atoms with Crippen LogP contribution in [0.2, 0.25) is 5.02 Å². The summed E-state index contributed by atoms with van der Waals surface area (Å²) in [5, 5.41) is 2.80. The van der Waals surface area contributed by atoms with E-state index in [4.69, 9.17) is 16.3 Å². The van der Waals surface area contributed by atoms with Gasteiger partial charge in [-0.05, 0) is 62.7 Å². The molecular formula is C25H25ClN2O5S. The third-order valence-corrected chi connectivity index (χ3v) is 7.28. The van der Waals surface area contributed by atoms with Crippen molar-refractivity contribution in [3.05, 3.63) is 87.9 Å². The molecular weight excluding hydrogens is 476 g/mol. The maximum Gasteiger partial charge on any atom is 0.337 e. The van der Waals surface area contributed by atoms with Gasteiger partial charge in [0.15, 0.2) is 0 Å². The van der Waals surface area contributed by atoms with E-state index in [1.807, 2.05) is 19.9 Å². The lowest BCUT2D eigenvalue weighted by molar-refractivity contribution is -0.114. The second-order valence-electron chi connectivity index (χ2n) is 7.85. The van der Waals surface area contributed by atoms with Crippen molar-refractivity contribution in [3.8, 4) is 0 Å². The van der Waals surface area contributed by atoms with E-state index in [0.29, 0.717) is 11.3 Å². The Balaban J connectivity index is 1.99. The van der Waals surface area contributed by atoms with Gasteiger partial charge in [-0.15, -0.1) is 0 Å². The number of nitrogens with one attached hydrogen (secondary N) is 1. The van der Waals surface area contributed by atoms with E-state index in [2.05, 4.69) is 5.32 Å². The van der Waals surface area contributed by atoms with Crippen molar-refractivity contribution >= 4 is 44.9 Å². The molecule has 3 aromatic rings. The average molecular weight is 501 g/mol. The molecule has 0 atom stereocenters. The summed E-state index contributed by atoms with van der Waals surface area (Å²) < 4.78 is 32.9. The molecule has 0 fully saturated rings. The van der Waals surface area contributed by atoms with Gasteiger partial charge in [-0.25, -0.2) is 13.2 Å². The lowest BCUT2D eigenvalue weighted by Crippen LogP contribution is -2.38. The number of carbonyl (C=O) groups excluding carboxylic acids is 2. The SMILES string of the molecule is COC(=O)c1ccc(Cl)c(NC(=O)CN(c2ccc(C)cc2C)S(=O)(=O)c2ccc(C)cc2)c1. The Morgan fingerprint density at radius 2 is 1.59 bits per heavy atom. The summed E-state index contributed by atoms with van der Waals surface area (Å²) in [6.45, 7) is 5.05. The Bertz CT molecular complexity index is 1340. The second kappa shape index (κ2) is 10.3. The fraction of sp³-hybridized carbons (Fsp3) is 0.200. The predicted molar refractivity (Wildman–Crippen MR) is 133 cm³/mol. The molecule has 0 spiro atoms. The monoisotopic (exact) mass is 500 g/mol. The van der Waals surface area contributed by atoms with E-state index in [1.54, 1.807) is 31.2 Å².